The Bertz CT molecular complexity index is 1110. The Morgan fingerprint density at radius 1 is 1.27 bits per heavy atom. The number of hydrogen-bond donors (Lipinski definition) is 1. The molecule has 2 aromatic rings. The van der Waals surface area contributed by atoms with E-state index in [0.717, 1.165) is 12.8 Å². The van der Waals surface area contributed by atoms with E-state index in [1.54, 1.807) is 0 Å². The number of ether oxygens (including phenoxy) is 3. The predicted octanol–water partition coefficient (Wildman–Crippen LogP) is 2.26. The van der Waals surface area contributed by atoms with E-state index in [2.05, 4.69) is 4.72 Å². The molecule has 1 N–H and O–H groups in total. The van der Waals surface area contributed by atoms with Gasteiger partial charge in [0.25, 0.3) is 5.69 Å². The van der Waals surface area contributed by atoms with E-state index in [9.17, 15) is 23.3 Å². The highest BCUT2D eigenvalue weighted by atomic mass is 32.2. The van der Waals surface area contributed by atoms with Crippen molar-refractivity contribution in [2.45, 2.75) is 37.0 Å². The van der Waals surface area contributed by atoms with E-state index in [1.807, 2.05) is 0 Å². The monoisotopic (exact) mass is 434 g/mol. The van der Waals surface area contributed by atoms with E-state index in [1.165, 1.54) is 36.4 Å². The summed E-state index contributed by atoms with van der Waals surface area (Å²) in [6.07, 6.45) is 1.59. The van der Waals surface area contributed by atoms with Crippen LogP contribution in [0.15, 0.2) is 41.3 Å². The molecule has 4 rings (SSSR count). The summed E-state index contributed by atoms with van der Waals surface area (Å²) in [5.41, 5.74) is 0.695. The summed E-state index contributed by atoms with van der Waals surface area (Å²) in [7, 11) is -3.71. The lowest BCUT2D eigenvalue weighted by Gasteiger charge is -2.20. The second kappa shape index (κ2) is 8.01. The van der Waals surface area contributed by atoms with Gasteiger partial charge in [-0.2, -0.15) is 0 Å². The molecular formula is C19H18N2O8S. The van der Waals surface area contributed by atoms with Crippen LogP contribution in [-0.4, -0.2) is 32.1 Å². The molecule has 30 heavy (non-hydrogen) atoms. The van der Waals surface area contributed by atoms with Crippen molar-refractivity contribution in [2.75, 3.05) is 6.79 Å². The number of hydrogen-bond acceptors (Lipinski definition) is 8. The molecule has 1 heterocycles. The third kappa shape index (κ3) is 4.42. The number of non-ortho nitro benzene ring substituents is 1. The van der Waals surface area contributed by atoms with Gasteiger partial charge in [-0.05, 0) is 31.0 Å². The van der Waals surface area contributed by atoms with E-state index in [0.29, 0.717) is 16.9 Å². The maximum Gasteiger partial charge on any atom is 0.338 e. The Morgan fingerprint density at radius 3 is 2.80 bits per heavy atom. The van der Waals surface area contributed by atoms with Crippen molar-refractivity contribution in [2.24, 2.45) is 0 Å². The lowest BCUT2D eigenvalue weighted by Crippen LogP contribution is -2.25. The molecule has 0 atom stereocenters. The fraction of sp³-hybridized carbons (Fsp3) is 0.316. The number of esters is 1. The second-order valence-corrected chi connectivity index (χ2v) is 8.67. The zero-order chi connectivity index (χ0) is 21.3. The highest BCUT2D eigenvalue weighted by molar-refractivity contribution is 7.89. The topological polar surface area (TPSA) is 134 Å². The number of nitrogens with one attached hydrogen (secondary N) is 1. The molecule has 158 valence electrons. The maximum atomic E-state index is 12.5. The van der Waals surface area contributed by atoms with Gasteiger partial charge in [0, 0.05) is 29.3 Å². The molecule has 1 fully saturated rings. The molecule has 2 aliphatic rings. The summed E-state index contributed by atoms with van der Waals surface area (Å²) in [6.45, 7) is -0.147. The van der Waals surface area contributed by atoms with E-state index in [4.69, 9.17) is 14.2 Å². The summed E-state index contributed by atoms with van der Waals surface area (Å²) in [6, 6.07) is 8.08. The number of nitrogens with zero attached hydrogens (tertiary/aromatic N) is 1. The van der Waals surface area contributed by atoms with Gasteiger partial charge in [-0.15, -0.1) is 0 Å². The van der Waals surface area contributed by atoms with Crippen molar-refractivity contribution in [3.05, 3.63) is 63.2 Å². The zero-order valence-corrected chi connectivity index (χ0v) is 16.5. The lowest BCUT2D eigenvalue weighted by atomic mass is 10.1. The van der Waals surface area contributed by atoms with Gasteiger partial charge in [0.05, 0.1) is 22.0 Å². The zero-order valence-electron chi connectivity index (χ0n) is 15.7. The average Bonchev–Trinajstić information content (AvgIpc) is 3.55. The third-order valence-corrected chi connectivity index (χ3v) is 6.14. The summed E-state index contributed by atoms with van der Waals surface area (Å²) >= 11 is 0. The normalized spacial score (nSPS) is 15.7. The Balaban J connectivity index is 1.52. The molecule has 0 amide bonds. The molecule has 10 nitrogen and oxygen atoms in total. The molecule has 1 saturated carbocycles. The number of sulfonamides is 1. The molecule has 1 aliphatic carbocycles. The number of benzene rings is 2. The van der Waals surface area contributed by atoms with Crippen LogP contribution < -0.4 is 9.46 Å². The van der Waals surface area contributed by atoms with E-state index < -0.39 is 20.9 Å². The fourth-order valence-electron chi connectivity index (χ4n) is 3.00. The molecule has 0 spiro atoms. The second-order valence-electron chi connectivity index (χ2n) is 6.96. The summed E-state index contributed by atoms with van der Waals surface area (Å²) in [5.74, 6) is -0.379. The largest absolute Gasteiger partial charge is 0.467 e. The van der Waals surface area contributed by atoms with E-state index >= 15 is 0 Å². The van der Waals surface area contributed by atoms with Gasteiger partial charge in [0.15, 0.2) is 6.79 Å². The van der Waals surface area contributed by atoms with Crippen molar-refractivity contribution in [3.63, 3.8) is 0 Å². The fourth-order valence-corrected chi connectivity index (χ4v) is 4.35. The quantitative estimate of drug-likeness (QED) is 0.398. The maximum absolute atomic E-state index is 12.5. The minimum absolute atomic E-state index is 0.0142. The number of fused-ring (bicyclic) bond motifs is 1. The van der Waals surface area contributed by atoms with Crippen LogP contribution in [0.1, 0.15) is 34.3 Å². The van der Waals surface area contributed by atoms with E-state index in [-0.39, 0.29) is 42.2 Å². The molecule has 1 aliphatic heterocycles. The highest BCUT2D eigenvalue weighted by Gasteiger charge is 2.28. The standard InChI is InChI=1S/C19H18N2O8S/c22-19(12-2-1-3-17(8-12)30(25,26)20-15-4-5-15)28-10-14-7-16(21(23)24)6-13-9-27-11-29-18(13)14/h1-3,6-8,15,20H,4-5,9-11H2. The van der Waals surface area contributed by atoms with Gasteiger partial charge in [-0.1, -0.05) is 6.07 Å². The van der Waals surface area contributed by atoms with Gasteiger partial charge < -0.3 is 14.2 Å². The van der Waals surface area contributed by atoms with Crippen LogP contribution in [-0.2, 0) is 32.7 Å². The molecule has 0 aromatic heterocycles. The first kappa shape index (κ1) is 20.3. The summed E-state index contributed by atoms with van der Waals surface area (Å²) in [4.78, 5) is 23.1. The summed E-state index contributed by atoms with van der Waals surface area (Å²) in [5, 5.41) is 11.2. The lowest BCUT2D eigenvalue weighted by molar-refractivity contribution is -0.385. The Labute approximate surface area is 171 Å². The predicted molar refractivity (Wildman–Crippen MR) is 102 cm³/mol. The number of nitro groups is 1. The van der Waals surface area contributed by atoms with Gasteiger partial charge in [-0.25, -0.2) is 17.9 Å². The Morgan fingerprint density at radius 2 is 2.07 bits per heavy atom. The van der Waals surface area contributed by atoms with Crippen LogP contribution in [0.4, 0.5) is 5.69 Å². The minimum atomic E-state index is -3.71. The number of carbonyl (C=O) groups is 1. The van der Waals surface area contributed by atoms with Crippen LogP contribution in [0.2, 0.25) is 0 Å². The third-order valence-electron chi connectivity index (χ3n) is 4.62. The molecule has 0 unspecified atom stereocenters. The average molecular weight is 434 g/mol. The first-order valence-corrected chi connectivity index (χ1v) is 10.6. The van der Waals surface area contributed by atoms with Gasteiger partial charge in [0.1, 0.15) is 12.4 Å². The summed E-state index contributed by atoms with van der Waals surface area (Å²) < 4.78 is 43.1. The van der Waals surface area contributed by atoms with Crippen LogP contribution in [0, 0.1) is 10.1 Å². The van der Waals surface area contributed by atoms with Crippen molar-refractivity contribution in [1.82, 2.24) is 4.72 Å². The van der Waals surface area contributed by atoms with Crippen molar-refractivity contribution in [1.29, 1.82) is 0 Å². The molecule has 0 saturated heterocycles. The number of nitro benzene ring substituents is 1. The first-order valence-electron chi connectivity index (χ1n) is 9.14. The molecule has 0 radical (unpaired) electrons. The molecule has 11 heteroatoms. The van der Waals surface area contributed by atoms with Gasteiger partial charge >= 0.3 is 5.97 Å². The number of rotatable bonds is 7. The van der Waals surface area contributed by atoms with Gasteiger partial charge in [0.2, 0.25) is 10.0 Å². The smallest absolute Gasteiger partial charge is 0.338 e. The molecular weight excluding hydrogens is 416 g/mol. The van der Waals surface area contributed by atoms with Crippen LogP contribution >= 0.6 is 0 Å². The van der Waals surface area contributed by atoms with Crippen molar-refractivity contribution in [3.8, 4) is 5.75 Å². The molecule has 0 bridgehead atoms. The van der Waals surface area contributed by atoms with Gasteiger partial charge in [-0.3, -0.25) is 10.1 Å². The van der Waals surface area contributed by atoms with Crippen LogP contribution in [0.5, 0.6) is 5.75 Å². The van der Waals surface area contributed by atoms with Crippen molar-refractivity contribution < 1.29 is 32.3 Å². The number of carbonyl (C=O) groups excluding carboxylic acids is 1. The van der Waals surface area contributed by atoms with Crippen LogP contribution in [0.25, 0.3) is 0 Å². The highest BCUT2D eigenvalue weighted by Crippen LogP contribution is 2.33. The van der Waals surface area contributed by atoms with Crippen molar-refractivity contribution >= 4 is 21.7 Å². The SMILES string of the molecule is O=C(OCc1cc([N+](=O)[O-])cc2c1OCOC2)c1cccc(S(=O)(=O)NC2CC2)c1. The Kier molecular flexibility index (Phi) is 5.41. The first-order chi connectivity index (χ1) is 14.3. The minimum Gasteiger partial charge on any atom is -0.467 e. The Hall–Kier alpha value is -3.02. The molecule has 2 aromatic carbocycles. The van der Waals surface area contributed by atoms with Crippen LogP contribution in [0.3, 0.4) is 0 Å².